The molecule has 2 heterocycles. The molecular formula is C26H41N3O2. The summed E-state index contributed by atoms with van der Waals surface area (Å²) < 4.78 is 5.98. The fourth-order valence-electron chi connectivity index (χ4n) is 5.29. The molecule has 4 rings (SSSR count). The lowest BCUT2D eigenvalue weighted by atomic mass is 10.1. The number of amides is 1. The van der Waals surface area contributed by atoms with Gasteiger partial charge in [-0.2, -0.15) is 0 Å². The summed E-state index contributed by atoms with van der Waals surface area (Å²) >= 11 is 0. The number of anilines is 1. The maximum atomic E-state index is 12.7. The topological polar surface area (TPSA) is 36.0 Å². The van der Waals surface area contributed by atoms with Gasteiger partial charge in [0, 0.05) is 37.8 Å². The van der Waals surface area contributed by atoms with Crippen molar-refractivity contribution in [2.45, 2.75) is 77.3 Å². The molecule has 1 unspecified atom stereocenters. The van der Waals surface area contributed by atoms with Crippen molar-refractivity contribution in [2.24, 2.45) is 5.92 Å². The maximum Gasteiger partial charge on any atom is 0.227 e. The van der Waals surface area contributed by atoms with Crippen LogP contribution in [-0.4, -0.2) is 67.1 Å². The van der Waals surface area contributed by atoms with Gasteiger partial charge in [0.1, 0.15) is 5.75 Å². The number of carbonyl (C=O) groups is 1. The highest BCUT2D eigenvalue weighted by Gasteiger charge is 2.34. The predicted molar refractivity (Wildman–Crippen MR) is 127 cm³/mol. The van der Waals surface area contributed by atoms with Crippen molar-refractivity contribution in [3.63, 3.8) is 0 Å². The Hall–Kier alpha value is -1.59. The highest BCUT2D eigenvalue weighted by molar-refractivity contribution is 5.96. The lowest BCUT2D eigenvalue weighted by Gasteiger charge is -2.31. The first-order valence-electron chi connectivity index (χ1n) is 12.7. The molecule has 0 bridgehead atoms. The number of hydrogen-bond acceptors (Lipinski definition) is 4. The van der Waals surface area contributed by atoms with Gasteiger partial charge >= 0.3 is 0 Å². The van der Waals surface area contributed by atoms with E-state index in [0.29, 0.717) is 12.5 Å². The lowest BCUT2D eigenvalue weighted by Crippen LogP contribution is -2.43. The number of carbonyl (C=O) groups excluding carboxylic acids is 1. The maximum absolute atomic E-state index is 12.7. The number of ether oxygens (including phenoxy) is 1. The summed E-state index contributed by atoms with van der Waals surface area (Å²) in [7, 11) is 0. The zero-order valence-electron chi connectivity index (χ0n) is 19.6. The molecule has 172 valence electrons. The van der Waals surface area contributed by atoms with Crippen molar-refractivity contribution < 1.29 is 9.53 Å². The summed E-state index contributed by atoms with van der Waals surface area (Å²) in [6.07, 6.45) is 9.30. The lowest BCUT2D eigenvalue weighted by molar-refractivity contribution is -0.117. The molecule has 0 N–H and O–H groups in total. The average Bonchev–Trinajstić information content (AvgIpc) is 3.38. The van der Waals surface area contributed by atoms with Gasteiger partial charge in [-0.3, -0.25) is 4.79 Å². The molecule has 1 aromatic carbocycles. The number of likely N-dealkylation sites (tertiary alicyclic amines) is 1. The van der Waals surface area contributed by atoms with Crippen molar-refractivity contribution in [1.29, 1.82) is 0 Å². The molecule has 0 aromatic heterocycles. The van der Waals surface area contributed by atoms with Gasteiger partial charge in [-0.05, 0) is 95.1 Å². The monoisotopic (exact) mass is 427 g/mol. The van der Waals surface area contributed by atoms with Crippen LogP contribution in [-0.2, 0) is 4.79 Å². The van der Waals surface area contributed by atoms with Gasteiger partial charge in [0.2, 0.25) is 5.91 Å². The second-order valence-corrected chi connectivity index (χ2v) is 9.88. The summed E-state index contributed by atoms with van der Waals surface area (Å²) in [4.78, 5) is 19.9. The zero-order valence-corrected chi connectivity index (χ0v) is 19.6. The Morgan fingerprint density at radius 3 is 2.58 bits per heavy atom. The van der Waals surface area contributed by atoms with E-state index in [2.05, 4.69) is 35.8 Å². The molecular weight excluding hydrogens is 386 g/mol. The molecule has 2 atom stereocenters. The first kappa shape index (κ1) is 22.6. The largest absolute Gasteiger partial charge is 0.494 e. The fraction of sp³-hybridized carbons (Fsp3) is 0.731. The van der Waals surface area contributed by atoms with Crippen LogP contribution in [0.4, 0.5) is 5.69 Å². The Morgan fingerprint density at radius 2 is 1.90 bits per heavy atom. The van der Waals surface area contributed by atoms with Crippen molar-refractivity contribution >= 4 is 11.6 Å². The Labute approximate surface area is 188 Å². The minimum absolute atomic E-state index is 0.265. The highest BCUT2D eigenvalue weighted by Crippen LogP contribution is 2.32. The minimum Gasteiger partial charge on any atom is -0.494 e. The van der Waals surface area contributed by atoms with E-state index < -0.39 is 0 Å². The van der Waals surface area contributed by atoms with Crippen LogP contribution in [0.5, 0.6) is 5.75 Å². The number of benzene rings is 1. The van der Waals surface area contributed by atoms with E-state index >= 15 is 0 Å². The van der Waals surface area contributed by atoms with E-state index in [1.807, 2.05) is 17.0 Å². The molecule has 31 heavy (non-hydrogen) atoms. The number of rotatable bonds is 12. The molecule has 2 saturated heterocycles. The van der Waals surface area contributed by atoms with E-state index in [0.717, 1.165) is 62.5 Å². The van der Waals surface area contributed by atoms with Crippen LogP contribution in [0.15, 0.2) is 24.3 Å². The van der Waals surface area contributed by atoms with Gasteiger partial charge in [-0.15, -0.1) is 0 Å². The Morgan fingerprint density at radius 1 is 1.10 bits per heavy atom. The van der Waals surface area contributed by atoms with Crippen LogP contribution in [0.1, 0.15) is 65.2 Å². The molecule has 1 saturated carbocycles. The molecule has 2 aliphatic heterocycles. The van der Waals surface area contributed by atoms with E-state index in [1.54, 1.807) is 0 Å². The fourth-order valence-corrected chi connectivity index (χ4v) is 5.29. The van der Waals surface area contributed by atoms with Gasteiger partial charge in [0.15, 0.2) is 0 Å². The third-order valence-electron chi connectivity index (χ3n) is 7.21. The van der Waals surface area contributed by atoms with Crippen LogP contribution < -0.4 is 9.64 Å². The van der Waals surface area contributed by atoms with Crippen molar-refractivity contribution in [2.75, 3.05) is 44.2 Å². The third-order valence-corrected chi connectivity index (χ3v) is 7.21. The van der Waals surface area contributed by atoms with Gasteiger partial charge in [-0.1, -0.05) is 6.92 Å². The first-order chi connectivity index (χ1) is 15.1. The van der Waals surface area contributed by atoms with Gasteiger partial charge in [-0.25, -0.2) is 0 Å². The molecule has 3 aliphatic rings. The highest BCUT2D eigenvalue weighted by atomic mass is 16.5. The molecule has 0 radical (unpaired) electrons. The smallest absolute Gasteiger partial charge is 0.227 e. The van der Waals surface area contributed by atoms with Gasteiger partial charge < -0.3 is 19.4 Å². The van der Waals surface area contributed by atoms with E-state index in [-0.39, 0.29) is 5.91 Å². The summed E-state index contributed by atoms with van der Waals surface area (Å²) in [5.41, 5.74) is 1.02. The summed E-state index contributed by atoms with van der Waals surface area (Å²) in [5, 5.41) is 0. The second-order valence-electron chi connectivity index (χ2n) is 9.88. The number of hydrogen-bond donors (Lipinski definition) is 0. The quantitative estimate of drug-likeness (QED) is 0.458. The van der Waals surface area contributed by atoms with Crippen molar-refractivity contribution in [3.8, 4) is 5.75 Å². The van der Waals surface area contributed by atoms with Gasteiger partial charge in [0.25, 0.3) is 0 Å². The molecule has 3 fully saturated rings. The predicted octanol–water partition coefficient (Wildman–Crippen LogP) is 4.56. The first-order valence-corrected chi connectivity index (χ1v) is 12.7. The third kappa shape index (κ3) is 6.23. The zero-order chi connectivity index (χ0) is 21.6. The molecule has 1 amide bonds. The Kier molecular flexibility index (Phi) is 7.89. The van der Waals surface area contributed by atoms with Crippen LogP contribution in [0.2, 0.25) is 0 Å². The molecule has 5 nitrogen and oxygen atoms in total. The van der Waals surface area contributed by atoms with Crippen molar-refractivity contribution in [3.05, 3.63) is 24.3 Å². The van der Waals surface area contributed by atoms with Gasteiger partial charge in [0.05, 0.1) is 12.6 Å². The standard InChI is InChI=1S/C26H41N3O2/c1-3-15-27(19-22-7-8-22)20-24-11-14-26(30)29(24)23-9-12-25(13-10-23)31-18-5-17-28-16-4-6-21(28)2/h9-10,12-13,21-22,24H,3-8,11,14-20H2,1-2H3/t21?,24-/m0/s1. The molecule has 5 heteroatoms. The van der Waals surface area contributed by atoms with E-state index in [4.69, 9.17) is 4.74 Å². The molecule has 1 aliphatic carbocycles. The minimum atomic E-state index is 0.265. The summed E-state index contributed by atoms with van der Waals surface area (Å²) in [5.74, 6) is 2.06. The van der Waals surface area contributed by atoms with Crippen LogP contribution in [0.3, 0.4) is 0 Å². The summed E-state index contributed by atoms with van der Waals surface area (Å²) in [6, 6.07) is 9.22. The molecule has 0 spiro atoms. The van der Waals surface area contributed by atoms with Crippen molar-refractivity contribution in [1.82, 2.24) is 9.80 Å². The van der Waals surface area contributed by atoms with Crippen LogP contribution in [0, 0.1) is 5.92 Å². The SMILES string of the molecule is CCCN(CC1CC1)C[C@@H]1CCC(=O)N1c1ccc(OCCCN2CCCC2C)cc1. The number of nitrogens with zero attached hydrogens (tertiary/aromatic N) is 3. The van der Waals surface area contributed by atoms with E-state index in [9.17, 15) is 4.79 Å². The normalized spacial score (nSPS) is 24.5. The average molecular weight is 428 g/mol. The Bertz CT molecular complexity index is 703. The van der Waals surface area contributed by atoms with Crippen LogP contribution >= 0.6 is 0 Å². The van der Waals surface area contributed by atoms with E-state index in [1.165, 1.54) is 45.2 Å². The van der Waals surface area contributed by atoms with Crippen LogP contribution in [0.25, 0.3) is 0 Å². The Balaban J connectivity index is 1.28. The second kappa shape index (κ2) is 10.8. The molecule has 1 aromatic rings. The summed E-state index contributed by atoms with van der Waals surface area (Å²) in [6.45, 7) is 11.0.